The first-order chi connectivity index (χ1) is 9.63. The van der Waals surface area contributed by atoms with Crippen LogP contribution in [0.3, 0.4) is 0 Å². The fourth-order valence-corrected chi connectivity index (χ4v) is 3.41. The minimum absolute atomic E-state index is 0.143. The highest BCUT2D eigenvalue weighted by Crippen LogP contribution is 2.37. The van der Waals surface area contributed by atoms with Gasteiger partial charge in [0.2, 0.25) is 0 Å². The number of anilines is 1. The Bertz CT molecular complexity index is 434. The van der Waals surface area contributed by atoms with Gasteiger partial charge >= 0.3 is 0 Å². The topological polar surface area (TPSA) is 35.5 Å². The predicted molar refractivity (Wildman–Crippen MR) is 80.5 cm³/mol. The van der Waals surface area contributed by atoms with Crippen molar-refractivity contribution in [1.29, 1.82) is 0 Å². The van der Waals surface area contributed by atoms with Crippen LogP contribution in [0.15, 0.2) is 24.3 Å². The van der Waals surface area contributed by atoms with E-state index in [0.717, 1.165) is 32.2 Å². The van der Waals surface area contributed by atoms with Gasteiger partial charge in [-0.15, -0.1) is 0 Å². The highest BCUT2D eigenvalue weighted by Gasteiger charge is 2.40. The van der Waals surface area contributed by atoms with Crippen molar-refractivity contribution in [2.45, 2.75) is 31.2 Å². The lowest BCUT2D eigenvalue weighted by Gasteiger charge is -2.34. The van der Waals surface area contributed by atoms with Crippen LogP contribution in [0.25, 0.3) is 0 Å². The molecule has 0 radical (unpaired) electrons. The monoisotopic (exact) mass is 280 g/mol. The largest absolute Gasteiger partial charge is 0.394 e. The molecule has 1 fully saturated rings. The molecule has 1 aromatic carbocycles. The molecule has 0 bridgehead atoms. The number of likely N-dealkylation sites (N-methyl/N-ethyl adjacent to an activating group) is 1. The number of hydrogen-bond donors (Lipinski definition) is 2. The summed E-state index contributed by atoms with van der Waals surface area (Å²) in [5.41, 5.74) is 0.500. The maximum absolute atomic E-state index is 13.7. The zero-order valence-electron chi connectivity index (χ0n) is 12.4. The Balaban J connectivity index is 1.97. The van der Waals surface area contributed by atoms with Crippen molar-refractivity contribution in [3.63, 3.8) is 0 Å². The highest BCUT2D eigenvalue weighted by atomic mass is 19.1. The molecular weight excluding hydrogens is 255 g/mol. The third-order valence-electron chi connectivity index (χ3n) is 4.81. The summed E-state index contributed by atoms with van der Waals surface area (Å²) in [5.74, 6) is 0.273. The number of nitrogens with zero attached hydrogens (tertiary/aromatic N) is 1. The van der Waals surface area contributed by atoms with Crippen molar-refractivity contribution in [3.05, 3.63) is 30.1 Å². The summed E-state index contributed by atoms with van der Waals surface area (Å²) in [4.78, 5) is 1.96. The normalized spacial score (nSPS) is 25.9. The number of aliphatic hydroxyl groups excluding tert-OH is 1. The lowest BCUT2D eigenvalue weighted by molar-refractivity contribution is 0.128. The second kappa shape index (κ2) is 6.55. The van der Waals surface area contributed by atoms with Gasteiger partial charge in [-0.05, 0) is 44.4 Å². The summed E-state index contributed by atoms with van der Waals surface area (Å²) >= 11 is 0. The van der Waals surface area contributed by atoms with Crippen LogP contribution >= 0.6 is 0 Å². The van der Waals surface area contributed by atoms with Gasteiger partial charge in [-0.3, -0.25) is 0 Å². The Morgan fingerprint density at radius 1 is 1.45 bits per heavy atom. The van der Waals surface area contributed by atoms with Crippen LogP contribution in [0.4, 0.5) is 10.1 Å². The number of benzene rings is 1. The van der Waals surface area contributed by atoms with Crippen LogP contribution in [0, 0.1) is 11.7 Å². The lowest BCUT2D eigenvalue weighted by atomic mass is 9.85. The van der Waals surface area contributed by atoms with Gasteiger partial charge in [0.05, 0.1) is 12.3 Å². The van der Waals surface area contributed by atoms with Gasteiger partial charge in [-0.2, -0.15) is 0 Å². The van der Waals surface area contributed by atoms with Crippen LogP contribution in [-0.4, -0.2) is 37.9 Å². The Morgan fingerprint density at radius 2 is 2.20 bits per heavy atom. The summed E-state index contributed by atoms with van der Waals surface area (Å²) in [7, 11) is 3.85. The molecule has 20 heavy (non-hydrogen) atoms. The Labute approximate surface area is 120 Å². The quantitative estimate of drug-likeness (QED) is 0.840. The van der Waals surface area contributed by atoms with Crippen molar-refractivity contribution < 1.29 is 9.50 Å². The highest BCUT2D eigenvalue weighted by molar-refractivity contribution is 5.46. The minimum Gasteiger partial charge on any atom is -0.394 e. The molecule has 0 aliphatic heterocycles. The molecule has 112 valence electrons. The van der Waals surface area contributed by atoms with Gasteiger partial charge in [0.25, 0.3) is 0 Å². The SMILES string of the molecule is CNC1(CO)CCCC1CCN(C)c1ccccc1F. The standard InChI is InChI=1S/C16H25FN2O/c1-18-16(12-20)10-5-6-13(16)9-11-19(2)15-8-4-3-7-14(15)17/h3-4,7-8,13,18,20H,5-6,9-12H2,1-2H3. The number of halogens is 1. The van der Waals surface area contributed by atoms with Crippen molar-refractivity contribution in [3.8, 4) is 0 Å². The summed E-state index contributed by atoms with van der Waals surface area (Å²) in [6.07, 6.45) is 4.27. The zero-order valence-corrected chi connectivity index (χ0v) is 12.4. The average Bonchev–Trinajstić information content (AvgIpc) is 2.88. The third-order valence-corrected chi connectivity index (χ3v) is 4.81. The predicted octanol–water partition coefficient (Wildman–Crippen LogP) is 2.40. The van der Waals surface area contributed by atoms with E-state index in [9.17, 15) is 9.50 Å². The van der Waals surface area contributed by atoms with Crippen molar-refractivity contribution in [2.75, 3.05) is 32.1 Å². The molecule has 2 unspecified atom stereocenters. The summed E-state index contributed by atoms with van der Waals surface area (Å²) in [6, 6.07) is 6.87. The van der Waals surface area contributed by atoms with E-state index in [1.54, 1.807) is 12.1 Å². The van der Waals surface area contributed by atoms with Gasteiger partial charge < -0.3 is 15.3 Å². The molecule has 0 aromatic heterocycles. The van der Waals surface area contributed by atoms with Crippen LogP contribution in [0.1, 0.15) is 25.7 Å². The summed E-state index contributed by atoms with van der Waals surface area (Å²) < 4.78 is 13.7. The van der Waals surface area contributed by atoms with E-state index in [1.165, 1.54) is 6.07 Å². The van der Waals surface area contributed by atoms with E-state index in [-0.39, 0.29) is 18.0 Å². The molecule has 2 rings (SSSR count). The van der Waals surface area contributed by atoms with Crippen molar-refractivity contribution in [2.24, 2.45) is 5.92 Å². The molecule has 3 nitrogen and oxygen atoms in total. The Morgan fingerprint density at radius 3 is 2.85 bits per heavy atom. The number of nitrogens with one attached hydrogen (secondary N) is 1. The summed E-state index contributed by atoms with van der Waals surface area (Å²) in [6.45, 7) is 0.979. The fraction of sp³-hybridized carbons (Fsp3) is 0.625. The van der Waals surface area contributed by atoms with Crippen LogP contribution in [0.2, 0.25) is 0 Å². The van der Waals surface area contributed by atoms with E-state index in [0.29, 0.717) is 11.6 Å². The second-order valence-corrected chi connectivity index (χ2v) is 5.82. The number of rotatable bonds is 6. The van der Waals surface area contributed by atoms with Gasteiger partial charge in [0.15, 0.2) is 0 Å². The first kappa shape index (κ1) is 15.3. The van der Waals surface area contributed by atoms with Gasteiger partial charge in [-0.25, -0.2) is 4.39 Å². The molecule has 0 amide bonds. The Kier molecular flexibility index (Phi) is 5.00. The second-order valence-electron chi connectivity index (χ2n) is 5.82. The van der Waals surface area contributed by atoms with Crippen LogP contribution in [-0.2, 0) is 0 Å². The molecule has 4 heteroatoms. The number of para-hydroxylation sites is 1. The maximum atomic E-state index is 13.7. The zero-order chi connectivity index (χ0) is 14.6. The van der Waals surface area contributed by atoms with E-state index >= 15 is 0 Å². The van der Waals surface area contributed by atoms with E-state index in [1.807, 2.05) is 25.1 Å². The molecule has 0 heterocycles. The molecule has 1 aliphatic rings. The number of hydrogen-bond acceptors (Lipinski definition) is 3. The maximum Gasteiger partial charge on any atom is 0.146 e. The van der Waals surface area contributed by atoms with Crippen LogP contribution < -0.4 is 10.2 Å². The molecule has 2 atom stereocenters. The molecule has 1 aromatic rings. The molecule has 0 saturated heterocycles. The Hall–Kier alpha value is -1.13. The van der Waals surface area contributed by atoms with E-state index < -0.39 is 0 Å². The molecule has 1 aliphatic carbocycles. The van der Waals surface area contributed by atoms with Crippen molar-refractivity contribution in [1.82, 2.24) is 5.32 Å². The van der Waals surface area contributed by atoms with E-state index in [2.05, 4.69) is 5.32 Å². The molecule has 2 N–H and O–H groups in total. The van der Waals surface area contributed by atoms with Gasteiger partial charge in [0, 0.05) is 19.1 Å². The molecule has 1 saturated carbocycles. The first-order valence-electron chi connectivity index (χ1n) is 7.38. The molecule has 0 spiro atoms. The lowest BCUT2D eigenvalue weighted by Crippen LogP contribution is -2.50. The van der Waals surface area contributed by atoms with Crippen molar-refractivity contribution >= 4 is 5.69 Å². The van der Waals surface area contributed by atoms with Crippen LogP contribution in [0.5, 0.6) is 0 Å². The molecular formula is C16H25FN2O. The minimum atomic E-state index is -0.177. The summed E-state index contributed by atoms with van der Waals surface area (Å²) in [5, 5.41) is 13.0. The smallest absolute Gasteiger partial charge is 0.146 e. The fourth-order valence-electron chi connectivity index (χ4n) is 3.41. The average molecular weight is 280 g/mol. The van der Waals surface area contributed by atoms with E-state index in [4.69, 9.17) is 0 Å². The van der Waals surface area contributed by atoms with Gasteiger partial charge in [0.1, 0.15) is 5.82 Å². The number of aliphatic hydroxyl groups is 1. The third kappa shape index (κ3) is 2.96. The first-order valence-corrected chi connectivity index (χ1v) is 7.38. The van der Waals surface area contributed by atoms with Gasteiger partial charge in [-0.1, -0.05) is 18.6 Å².